The van der Waals surface area contributed by atoms with Crippen LogP contribution in [0.25, 0.3) is 5.70 Å². The molecule has 1 aromatic carbocycles. The maximum atomic E-state index is 12.3. The summed E-state index contributed by atoms with van der Waals surface area (Å²) in [4.78, 5) is 12.3. The van der Waals surface area contributed by atoms with Crippen LogP contribution in [0.3, 0.4) is 0 Å². The number of hydrogen-bond acceptors (Lipinski definition) is 3. The predicted molar refractivity (Wildman–Crippen MR) is 88.1 cm³/mol. The number of amides is 1. The molecule has 0 saturated heterocycles. The fourth-order valence-electron chi connectivity index (χ4n) is 1.92. The van der Waals surface area contributed by atoms with Crippen molar-refractivity contribution >= 4 is 33.4 Å². The highest BCUT2D eigenvalue weighted by Crippen LogP contribution is 2.27. The lowest BCUT2D eigenvalue weighted by Crippen LogP contribution is -2.14. The highest BCUT2D eigenvalue weighted by Gasteiger charge is 2.16. The Bertz CT molecular complexity index is 678. The number of halogens is 1. The standard InChI is InChI=1S/C15H17BrN4O/c1-4-17-10(3)13-12(16)14(20-19-13)18-15(21)11-8-6-5-7-9(11)2/h5-8,17H,3-4H2,1-2H3,(H2,18,19,20,21). The van der Waals surface area contributed by atoms with E-state index in [4.69, 9.17) is 0 Å². The lowest BCUT2D eigenvalue weighted by molar-refractivity contribution is 0.102. The van der Waals surface area contributed by atoms with Gasteiger partial charge in [0.05, 0.1) is 15.9 Å². The number of rotatable bonds is 5. The van der Waals surface area contributed by atoms with E-state index in [-0.39, 0.29) is 5.91 Å². The molecule has 0 saturated carbocycles. The second-order valence-corrected chi connectivity index (χ2v) is 5.33. The molecule has 0 atom stereocenters. The SMILES string of the molecule is C=C(NCC)c1[nH]nc(NC(=O)c2ccccc2C)c1Br. The van der Waals surface area contributed by atoms with Gasteiger partial charge in [-0.2, -0.15) is 5.10 Å². The minimum Gasteiger partial charge on any atom is -0.384 e. The summed E-state index contributed by atoms with van der Waals surface area (Å²) in [6, 6.07) is 7.41. The molecule has 0 unspecified atom stereocenters. The Morgan fingerprint density at radius 1 is 1.43 bits per heavy atom. The van der Waals surface area contributed by atoms with Gasteiger partial charge in [-0.3, -0.25) is 9.89 Å². The zero-order chi connectivity index (χ0) is 15.4. The fourth-order valence-corrected chi connectivity index (χ4v) is 2.43. The Morgan fingerprint density at radius 3 is 2.81 bits per heavy atom. The average molecular weight is 349 g/mol. The monoisotopic (exact) mass is 348 g/mol. The van der Waals surface area contributed by atoms with Crippen molar-refractivity contribution in [2.75, 3.05) is 11.9 Å². The molecular weight excluding hydrogens is 332 g/mol. The van der Waals surface area contributed by atoms with E-state index in [1.165, 1.54) is 0 Å². The van der Waals surface area contributed by atoms with Crippen LogP contribution in [-0.2, 0) is 0 Å². The van der Waals surface area contributed by atoms with E-state index in [9.17, 15) is 4.79 Å². The molecule has 6 heteroatoms. The highest BCUT2D eigenvalue weighted by atomic mass is 79.9. The smallest absolute Gasteiger partial charge is 0.257 e. The van der Waals surface area contributed by atoms with Gasteiger partial charge in [0.2, 0.25) is 0 Å². The van der Waals surface area contributed by atoms with E-state index in [2.05, 4.69) is 43.3 Å². The molecule has 3 N–H and O–H groups in total. The molecule has 0 aliphatic heterocycles. The first-order valence-corrected chi connectivity index (χ1v) is 7.37. The summed E-state index contributed by atoms with van der Waals surface area (Å²) in [5.74, 6) is 0.248. The fraction of sp³-hybridized carbons (Fsp3) is 0.200. The molecule has 0 spiro atoms. The van der Waals surface area contributed by atoms with Gasteiger partial charge < -0.3 is 10.6 Å². The molecule has 110 valence electrons. The molecule has 1 heterocycles. The van der Waals surface area contributed by atoms with Crippen LogP contribution >= 0.6 is 15.9 Å². The number of nitrogens with one attached hydrogen (secondary N) is 3. The molecular formula is C15H17BrN4O. The summed E-state index contributed by atoms with van der Waals surface area (Å²) in [7, 11) is 0. The average Bonchev–Trinajstić information content (AvgIpc) is 2.81. The molecule has 1 aromatic heterocycles. The van der Waals surface area contributed by atoms with Crippen molar-refractivity contribution in [3.05, 3.63) is 52.1 Å². The topological polar surface area (TPSA) is 69.8 Å². The van der Waals surface area contributed by atoms with Crippen LogP contribution in [0.4, 0.5) is 5.82 Å². The molecule has 2 rings (SSSR count). The van der Waals surface area contributed by atoms with Crippen LogP contribution in [0.5, 0.6) is 0 Å². The first-order valence-electron chi connectivity index (χ1n) is 6.58. The van der Waals surface area contributed by atoms with Gasteiger partial charge in [0.1, 0.15) is 0 Å². The Hall–Kier alpha value is -2.08. The van der Waals surface area contributed by atoms with Crippen molar-refractivity contribution in [3.8, 4) is 0 Å². The van der Waals surface area contributed by atoms with E-state index >= 15 is 0 Å². The highest BCUT2D eigenvalue weighted by molar-refractivity contribution is 9.10. The van der Waals surface area contributed by atoms with E-state index < -0.39 is 0 Å². The molecule has 5 nitrogen and oxygen atoms in total. The number of carbonyl (C=O) groups excluding carboxylic acids is 1. The molecule has 1 amide bonds. The summed E-state index contributed by atoms with van der Waals surface area (Å²) in [5.41, 5.74) is 2.98. The van der Waals surface area contributed by atoms with Crippen LogP contribution in [-0.4, -0.2) is 22.6 Å². The van der Waals surface area contributed by atoms with Crippen LogP contribution < -0.4 is 10.6 Å². The van der Waals surface area contributed by atoms with Crippen molar-refractivity contribution in [1.29, 1.82) is 0 Å². The third-order valence-electron chi connectivity index (χ3n) is 3.02. The van der Waals surface area contributed by atoms with Crippen molar-refractivity contribution < 1.29 is 4.79 Å². The molecule has 0 fully saturated rings. The van der Waals surface area contributed by atoms with E-state index in [1.807, 2.05) is 32.0 Å². The molecule has 0 aliphatic carbocycles. The summed E-state index contributed by atoms with van der Waals surface area (Å²) in [6.07, 6.45) is 0. The summed E-state index contributed by atoms with van der Waals surface area (Å²) in [6.45, 7) is 8.55. The van der Waals surface area contributed by atoms with Crippen molar-refractivity contribution in [3.63, 3.8) is 0 Å². The van der Waals surface area contributed by atoms with Gasteiger partial charge in [-0.05, 0) is 41.4 Å². The lowest BCUT2D eigenvalue weighted by Gasteiger charge is -2.06. The van der Waals surface area contributed by atoms with Crippen molar-refractivity contribution in [2.45, 2.75) is 13.8 Å². The summed E-state index contributed by atoms with van der Waals surface area (Å²) in [5, 5.41) is 12.9. The van der Waals surface area contributed by atoms with Gasteiger partial charge in [-0.1, -0.05) is 24.8 Å². The number of anilines is 1. The zero-order valence-corrected chi connectivity index (χ0v) is 13.5. The second-order valence-electron chi connectivity index (χ2n) is 4.54. The first kappa shape index (κ1) is 15.3. The third kappa shape index (κ3) is 3.33. The summed E-state index contributed by atoms with van der Waals surface area (Å²) >= 11 is 3.43. The van der Waals surface area contributed by atoms with Gasteiger partial charge in [0.15, 0.2) is 5.82 Å². The quantitative estimate of drug-likeness (QED) is 0.776. The number of nitrogens with zero attached hydrogens (tertiary/aromatic N) is 1. The minimum absolute atomic E-state index is 0.194. The largest absolute Gasteiger partial charge is 0.384 e. The lowest BCUT2D eigenvalue weighted by atomic mass is 10.1. The van der Waals surface area contributed by atoms with Crippen LogP contribution in [0.1, 0.15) is 28.5 Å². The van der Waals surface area contributed by atoms with Crippen molar-refractivity contribution in [2.24, 2.45) is 0 Å². The van der Waals surface area contributed by atoms with Gasteiger partial charge in [0.25, 0.3) is 5.91 Å². The number of carbonyl (C=O) groups is 1. The van der Waals surface area contributed by atoms with Crippen LogP contribution in [0, 0.1) is 6.92 Å². The Balaban J connectivity index is 2.19. The van der Waals surface area contributed by atoms with E-state index in [1.54, 1.807) is 6.07 Å². The molecule has 0 bridgehead atoms. The molecule has 21 heavy (non-hydrogen) atoms. The number of hydrogen-bond donors (Lipinski definition) is 3. The number of aromatic amines is 1. The Kier molecular flexibility index (Phi) is 4.80. The minimum atomic E-state index is -0.194. The van der Waals surface area contributed by atoms with Gasteiger partial charge in [-0.15, -0.1) is 0 Å². The normalized spacial score (nSPS) is 10.2. The third-order valence-corrected chi connectivity index (χ3v) is 3.79. The van der Waals surface area contributed by atoms with Gasteiger partial charge in [-0.25, -0.2) is 0 Å². The molecule has 0 radical (unpaired) electrons. The van der Waals surface area contributed by atoms with Gasteiger partial charge >= 0.3 is 0 Å². The van der Waals surface area contributed by atoms with Crippen molar-refractivity contribution in [1.82, 2.24) is 15.5 Å². The zero-order valence-electron chi connectivity index (χ0n) is 12.0. The molecule has 2 aromatic rings. The number of aryl methyl sites for hydroxylation is 1. The summed E-state index contributed by atoms with van der Waals surface area (Å²) < 4.78 is 0.676. The Morgan fingerprint density at radius 2 is 2.14 bits per heavy atom. The maximum absolute atomic E-state index is 12.3. The van der Waals surface area contributed by atoms with E-state index in [0.29, 0.717) is 21.6 Å². The maximum Gasteiger partial charge on any atom is 0.257 e. The van der Waals surface area contributed by atoms with Crippen LogP contribution in [0.2, 0.25) is 0 Å². The second kappa shape index (κ2) is 6.58. The number of H-pyrrole nitrogens is 1. The predicted octanol–water partition coefficient (Wildman–Crippen LogP) is 3.31. The number of benzene rings is 1. The molecule has 0 aliphatic rings. The first-order chi connectivity index (χ1) is 10.0. The van der Waals surface area contributed by atoms with Gasteiger partial charge in [0, 0.05) is 12.1 Å². The van der Waals surface area contributed by atoms with Crippen LogP contribution in [0.15, 0.2) is 35.3 Å². The van der Waals surface area contributed by atoms with E-state index in [0.717, 1.165) is 17.8 Å². The Labute approximate surface area is 132 Å². The number of aromatic nitrogens is 2.